The first-order chi connectivity index (χ1) is 10.6. The monoisotopic (exact) mass is 302 g/mol. The predicted molar refractivity (Wildman–Crippen MR) is 82.8 cm³/mol. The van der Waals surface area contributed by atoms with Crippen LogP contribution in [-0.2, 0) is 0 Å². The molecular formula is C16H18N2O4. The van der Waals surface area contributed by atoms with Gasteiger partial charge in [-0.05, 0) is 31.2 Å². The molecule has 2 N–H and O–H groups in total. The van der Waals surface area contributed by atoms with E-state index >= 15 is 0 Å². The number of aromatic nitrogens is 1. The average Bonchev–Trinajstić information content (AvgIpc) is 2.53. The van der Waals surface area contributed by atoms with Gasteiger partial charge in [0.2, 0.25) is 0 Å². The highest BCUT2D eigenvalue weighted by Gasteiger charge is 2.08. The quantitative estimate of drug-likeness (QED) is 0.818. The van der Waals surface area contributed by atoms with Crippen molar-refractivity contribution in [3.05, 3.63) is 48.2 Å². The summed E-state index contributed by atoms with van der Waals surface area (Å²) in [6.45, 7) is 2.40. The number of ether oxygens (including phenoxy) is 2. The molecule has 2 rings (SSSR count). The largest absolute Gasteiger partial charge is 0.497 e. The molecule has 0 amide bonds. The molecule has 0 saturated carbocycles. The summed E-state index contributed by atoms with van der Waals surface area (Å²) >= 11 is 0. The maximum Gasteiger partial charge on any atom is 0.354 e. The maximum absolute atomic E-state index is 10.9. The number of aromatic carboxylic acids is 1. The highest BCUT2D eigenvalue weighted by atomic mass is 16.5. The number of carboxylic acids is 1. The summed E-state index contributed by atoms with van der Waals surface area (Å²) in [5, 5.41) is 12.0. The summed E-state index contributed by atoms with van der Waals surface area (Å²) < 4.78 is 10.9. The van der Waals surface area contributed by atoms with Crippen molar-refractivity contribution in [2.24, 2.45) is 0 Å². The molecular weight excluding hydrogens is 284 g/mol. The number of hydrogen-bond donors (Lipinski definition) is 2. The maximum atomic E-state index is 10.9. The van der Waals surface area contributed by atoms with E-state index < -0.39 is 5.97 Å². The second-order valence-electron chi connectivity index (χ2n) is 4.70. The number of anilines is 1. The molecule has 1 atom stereocenters. The number of carboxylic acid groups (broad SMARTS) is 1. The first kappa shape index (κ1) is 15.6. The van der Waals surface area contributed by atoms with Crippen molar-refractivity contribution in [1.82, 2.24) is 4.98 Å². The number of carbonyl (C=O) groups is 1. The van der Waals surface area contributed by atoms with Crippen molar-refractivity contribution in [3.8, 4) is 11.5 Å². The molecule has 0 fully saturated rings. The van der Waals surface area contributed by atoms with Crippen molar-refractivity contribution >= 4 is 11.8 Å². The number of pyridine rings is 1. The summed E-state index contributed by atoms with van der Waals surface area (Å²) in [4.78, 5) is 14.9. The van der Waals surface area contributed by atoms with E-state index in [9.17, 15) is 4.79 Å². The molecule has 0 spiro atoms. The molecule has 0 aliphatic rings. The van der Waals surface area contributed by atoms with Crippen LogP contribution in [0.5, 0.6) is 11.5 Å². The second-order valence-corrected chi connectivity index (χ2v) is 4.70. The van der Waals surface area contributed by atoms with E-state index in [1.165, 1.54) is 6.07 Å². The zero-order chi connectivity index (χ0) is 15.9. The van der Waals surface area contributed by atoms with Crippen LogP contribution in [0.25, 0.3) is 0 Å². The normalized spacial score (nSPS) is 11.5. The number of hydrogen-bond acceptors (Lipinski definition) is 5. The zero-order valence-electron chi connectivity index (χ0n) is 12.4. The molecule has 0 aliphatic heterocycles. The Labute approximate surface area is 128 Å². The standard InChI is InChI=1S/C16H18N2O4/c1-11(22-13-6-3-5-12(9-13)21-2)10-17-15-8-4-7-14(18-15)16(19)20/h3-9,11H,10H2,1-2H3,(H,17,18)(H,19,20). The SMILES string of the molecule is COc1cccc(OC(C)CNc2cccc(C(=O)O)n2)c1. The van der Waals surface area contributed by atoms with Crippen LogP contribution in [0.1, 0.15) is 17.4 Å². The van der Waals surface area contributed by atoms with Gasteiger partial charge in [-0.2, -0.15) is 0 Å². The van der Waals surface area contributed by atoms with Crippen LogP contribution >= 0.6 is 0 Å². The lowest BCUT2D eigenvalue weighted by Crippen LogP contribution is -2.23. The van der Waals surface area contributed by atoms with Crippen molar-refractivity contribution in [1.29, 1.82) is 0 Å². The van der Waals surface area contributed by atoms with Crippen LogP contribution in [0.3, 0.4) is 0 Å². The van der Waals surface area contributed by atoms with Crippen LogP contribution < -0.4 is 14.8 Å². The third kappa shape index (κ3) is 4.37. The van der Waals surface area contributed by atoms with Gasteiger partial charge in [-0.15, -0.1) is 0 Å². The van der Waals surface area contributed by atoms with E-state index in [2.05, 4.69) is 10.3 Å². The lowest BCUT2D eigenvalue weighted by Gasteiger charge is -2.16. The average molecular weight is 302 g/mol. The Balaban J connectivity index is 1.90. The van der Waals surface area contributed by atoms with Gasteiger partial charge in [-0.25, -0.2) is 9.78 Å². The van der Waals surface area contributed by atoms with Gasteiger partial charge in [-0.1, -0.05) is 12.1 Å². The van der Waals surface area contributed by atoms with Gasteiger partial charge >= 0.3 is 5.97 Å². The Kier molecular flexibility index (Phi) is 5.19. The van der Waals surface area contributed by atoms with Gasteiger partial charge in [0.25, 0.3) is 0 Å². The Morgan fingerprint density at radius 2 is 2.00 bits per heavy atom. The summed E-state index contributed by atoms with van der Waals surface area (Å²) in [5.41, 5.74) is 0.00590. The first-order valence-electron chi connectivity index (χ1n) is 6.83. The lowest BCUT2D eigenvalue weighted by atomic mass is 10.3. The fourth-order valence-corrected chi connectivity index (χ4v) is 1.85. The predicted octanol–water partition coefficient (Wildman–Crippen LogP) is 2.67. The minimum atomic E-state index is -1.05. The molecule has 1 unspecified atom stereocenters. The van der Waals surface area contributed by atoms with Crippen molar-refractivity contribution in [3.63, 3.8) is 0 Å². The Morgan fingerprint density at radius 1 is 1.27 bits per heavy atom. The van der Waals surface area contributed by atoms with E-state index in [4.69, 9.17) is 14.6 Å². The van der Waals surface area contributed by atoms with Gasteiger partial charge < -0.3 is 19.9 Å². The summed E-state index contributed by atoms with van der Waals surface area (Å²) in [7, 11) is 1.60. The van der Waals surface area contributed by atoms with E-state index in [1.54, 1.807) is 25.3 Å². The Hall–Kier alpha value is -2.76. The van der Waals surface area contributed by atoms with Crippen LogP contribution in [0.15, 0.2) is 42.5 Å². The highest BCUT2D eigenvalue weighted by molar-refractivity contribution is 5.85. The van der Waals surface area contributed by atoms with Gasteiger partial charge in [0.15, 0.2) is 5.69 Å². The Bertz CT molecular complexity index is 646. The molecule has 22 heavy (non-hydrogen) atoms. The Morgan fingerprint density at radius 3 is 2.73 bits per heavy atom. The topological polar surface area (TPSA) is 80.7 Å². The summed E-state index contributed by atoms with van der Waals surface area (Å²) in [5.74, 6) is 0.889. The molecule has 6 heteroatoms. The van der Waals surface area contributed by atoms with Crippen LogP contribution in [0.2, 0.25) is 0 Å². The zero-order valence-corrected chi connectivity index (χ0v) is 12.4. The third-order valence-corrected chi connectivity index (χ3v) is 2.92. The van der Waals surface area contributed by atoms with Crippen molar-refractivity contribution < 1.29 is 19.4 Å². The highest BCUT2D eigenvalue weighted by Crippen LogP contribution is 2.20. The van der Waals surface area contributed by atoms with Gasteiger partial charge in [0, 0.05) is 6.07 Å². The minimum Gasteiger partial charge on any atom is -0.497 e. The third-order valence-electron chi connectivity index (χ3n) is 2.92. The second kappa shape index (κ2) is 7.31. The van der Waals surface area contributed by atoms with E-state index in [0.29, 0.717) is 18.1 Å². The molecule has 6 nitrogen and oxygen atoms in total. The minimum absolute atomic E-state index is 0.00590. The number of nitrogens with one attached hydrogen (secondary N) is 1. The summed E-state index contributed by atoms with van der Waals surface area (Å²) in [6.07, 6.45) is -0.123. The van der Waals surface area contributed by atoms with Crippen LogP contribution in [-0.4, -0.2) is 35.8 Å². The van der Waals surface area contributed by atoms with E-state index in [0.717, 1.165) is 5.75 Å². The van der Waals surface area contributed by atoms with Crippen molar-refractivity contribution in [2.75, 3.05) is 19.0 Å². The first-order valence-corrected chi connectivity index (χ1v) is 6.83. The van der Waals surface area contributed by atoms with Gasteiger partial charge in [-0.3, -0.25) is 0 Å². The molecule has 0 radical (unpaired) electrons. The van der Waals surface area contributed by atoms with Crippen LogP contribution in [0.4, 0.5) is 5.82 Å². The molecule has 0 aliphatic carbocycles. The molecule has 116 valence electrons. The summed E-state index contributed by atoms with van der Waals surface area (Å²) in [6, 6.07) is 12.2. The number of rotatable bonds is 7. The molecule has 1 heterocycles. The molecule has 1 aromatic heterocycles. The fraction of sp³-hybridized carbons (Fsp3) is 0.250. The number of methoxy groups -OCH3 is 1. The van der Waals surface area contributed by atoms with E-state index in [1.807, 2.05) is 25.1 Å². The van der Waals surface area contributed by atoms with Gasteiger partial charge in [0.1, 0.15) is 23.4 Å². The van der Waals surface area contributed by atoms with Crippen LogP contribution in [0, 0.1) is 0 Å². The van der Waals surface area contributed by atoms with Crippen molar-refractivity contribution in [2.45, 2.75) is 13.0 Å². The molecule has 2 aromatic rings. The molecule has 0 bridgehead atoms. The lowest BCUT2D eigenvalue weighted by molar-refractivity contribution is 0.0690. The fourth-order valence-electron chi connectivity index (χ4n) is 1.85. The number of nitrogens with zero attached hydrogens (tertiary/aromatic N) is 1. The molecule has 0 saturated heterocycles. The molecule has 1 aromatic carbocycles. The van der Waals surface area contributed by atoms with Gasteiger partial charge in [0.05, 0.1) is 13.7 Å². The van der Waals surface area contributed by atoms with E-state index in [-0.39, 0.29) is 11.8 Å². The number of benzene rings is 1. The smallest absolute Gasteiger partial charge is 0.354 e.